The lowest BCUT2D eigenvalue weighted by atomic mass is 10.3. The number of hydrogen-bond donors (Lipinski definition) is 2. The lowest BCUT2D eigenvalue weighted by Gasteiger charge is -2.08. The molecule has 0 fully saturated rings. The first-order valence-electron chi connectivity index (χ1n) is 5.88. The van der Waals surface area contributed by atoms with Gasteiger partial charge in [-0.15, -0.1) is 0 Å². The molecule has 0 aliphatic heterocycles. The zero-order valence-electron chi connectivity index (χ0n) is 10.6. The number of hydrogen-bond acceptors (Lipinski definition) is 6. The van der Waals surface area contributed by atoms with Crippen molar-refractivity contribution in [3.05, 3.63) is 45.6 Å². The van der Waals surface area contributed by atoms with Crippen LogP contribution in [0.1, 0.15) is 6.92 Å². The predicted octanol–water partition coefficient (Wildman–Crippen LogP) is 3.21. The standard InChI is InChI=1S/C12H12ClN5O2/c1-2-14-12-16-10(13)7-11(17-12)15-8-4-3-5-9(6-8)18(19)20/h3-7H,2H2,1H3,(H2,14,15,16,17). The average Bonchev–Trinajstić information content (AvgIpc) is 2.38. The number of anilines is 3. The zero-order valence-corrected chi connectivity index (χ0v) is 11.4. The largest absolute Gasteiger partial charge is 0.354 e. The highest BCUT2D eigenvalue weighted by atomic mass is 35.5. The van der Waals surface area contributed by atoms with Crippen molar-refractivity contribution >= 4 is 34.7 Å². The van der Waals surface area contributed by atoms with Gasteiger partial charge < -0.3 is 10.6 Å². The van der Waals surface area contributed by atoms with Gasteiger partial charge in [0.1, 0.15) is 11.0 Å². The summed E-state index contributed by atoms with van der Waals surface area (Å²) < 4.78 is 0. The third kappa shape index (κ3) is 3.55. The molecule has 0 unspecified atom stereocenters. The van der Waals surface area contributed by atoms with Crippen LogP contribution in [0.3, 0.4) is 0 Å². The number of nitro groups is 1. The van der Waals surface area contributed by atoms with Crippen LogP contribution in [0, 0.1) is 10.1 Å². The van der Waals surface area contributed by atoms with Crippen LogP contribution in [-0.4, -0.2) is 21.4 Å². The second-order valence-electron chi connectivity index (χ2n) is 3.86. The summed E-state index contributed by atoms with van der Waals surface area (Å²) in [5.41, 5.74) is 0.554. The fraction of sp³-hybridized carbons (Fsp3) is 0.167. The maximum atomic E-state index is 10.7. The third-order valence-electron chi connectivity index (χ3n) is 2.36. The fourth-order valence-electron chi connectivity index (χ4n) is 1.56. The van der Waals surface area contributed by atoms with Gasteiger partial charge >= 0.3 is 0 Å². The second-order valence-corrected chi connectivity index (χ2v) is 4.25. The van der Waals surface area contributed by atoms with Crippen LogP contribution in [0.5, 0.6) is 0 Å². The highest BCUT2D eigenvalue weighted by molar-refractivity contribution is 6.29. The van der Waals surface area contributed by atoms with Gasteiger partial charge in [-0.1, -0.05) is 17.7 Å². The van der Waals surface area contributed by atoms with E-state index >= 15 is 0 Å². The Morgan fingerprint density at radius 3 is 2.85 bits per heavy atom. The van der Waals surface area contributed by atoms with Crippen molar-refractivity contribution < 1.29 is 4.92 Å². The molecule has 0 atom stereocenters. The van der Waals surface area contributed by atoms with Crippen LogP contribution in [0.4, 0.5) is 23.1 Å². The minimum atomic E-state index is -0.456. The van der Waals surface area contributed by atoms with Crippen molar-refractivity contribution in [3.63, 3.8) is 0 Å². The van der Waals surface area contributed by atoms with E-state index in [0.717, 1.165) is 0 Å². The topological polar surface area (TPSA) is 93.0 Å². The molecule has 0 spiro atoms. The normalized spacial score (nSPS) is 10.1. The van der Waals surface area contributed by atoms with Crippen molar-refractivity contribution in [2.75, 3.05) is 17.2 Å². The third-order valence-corrected chi connectivity index (χ3v) is 2.55. The number of halogens is 1. The Labute approximate surface area is 120 Å². The van der Waals surface area contributed by atoms with Crippen molar-refractivity contribution in [1.29, 1.82) is 0 Å². The van der Waals surface area contributed by atoms with Gasteiger partial charge in [0, 0.05) is 30.4 Å². The highest BCUT2D eigenvalue weighted by Crippen LogP contribution is 2.22. The molecule has 1 aromatic carbocycles. The fourth-order valence-corrected chi connectivity index (χ4v) is 1.75. The molecule has 104 valence electrons. The number of nitrogens with zero attached hydrogens (tertiary/aromatic N) is 3. The number of aromatic nitrogens is 2. The molecule has 0 bridgehead atoms. The zero-order chi connectivity index (χ0) is 14.5. The Kier molecular flexibility index (Phi) is 4.31. The second kappa shape index (κ2) is 6.16. The number of rotatable bonds is 5. The SMILES string of the molecule is CCNc1nc(Cl)cc(Nc2cccc([N+](=O)[O-])c2)n1. The van der Waals surface area contributed by atoms with Gasteiger partial charge in [-0.05, 0) is 13.0 Å². The molecule has 2 aromatic rings. The van der Waals surface area contributed by atoms with Crippen molar-refractivity contribution in [3.8, 4) is 0 Å². The molecule has 0 amide bonds. The molecular weight excluding hydrogens is 282 g/mol. The summed E-state index contributed by atoms with van der Waals surface area (Å²) in [6.07, 6.45) is 0. The summed E-state index contributed by atoms with van der Waals surface area (Å²) in [6.45, 7) is 2.58. The van der Waals surface area contributed by atoms with Crippen molar-refractivity contribution in [2.24, 2.45) is 0 Å². The van der Waals surface area contributed by atoms with Gasteiger partial charge in [0.2, 0.25) is 5.95 Å². The summed E-state index contributed by atoms with van der Waals surface area (Å²) in [4.78, 5) is 18.5. The van der Waals surface area contributed by atoms with Crippen LogP contribution in [0.2, 0.25) is 5.15 Å². The smallest absolute Gasteiger partial charge is 0.271 e. The molecule has 2 rings (SSSR count). The van der Waals surface area contributed by atoms with Crippen LogP contribution < -0.4 is 10.6 Å². The van der Waals surface area contributed by atoms with Gasteiger partial charge in [-0.3, -0.25) is 10.1 Å². The Morgan fingerprint density at radius 1 is 1.35 bits per heavy atom. The Balaban J connectivity index is 2.25. The number of nitrogens with one attached hydrogen (secondary N) is 2. The summed E-state index contributed by atoms with van der Waals surface area (Å²) in [7, 11) is 0. The molecule has 0 saturated heterocycles. The lowest BCUT2D eigenvalue weighted by Crippen LogP contribution is -2.04. The molecular formula is C12H12ClN5O2. The van der Waals surface area contributed by atoms with E-state index in [2.05, 4.69) is 20.6 Å². The Hall–Kier alpha value is -2.41. The number of nitro benzene ring substituents is 1. The molecule has 1 aromatic heterocycles. The first kappa shape index (κ1) is 14.0. The van der Waals surface area contributed by atoms with Gasteiger partial charge in [0.25, 0.3) is 5.69 Å². The summed E-state index contributed by atoms with van der Waals surface area (Å²) in [5, 5.41) is 16.9. The summed E-state index contributed by atoms with van der Waals surface area (Å²) in [6, 6.07) is 7.68. The van der Waals surface area contributed by atoms with E-state index in [1.54, 1.807) is 18.2 Å². The maximum Gasteiger partial charge on any atom is 0.271 e. The van der Waals surface area contributed by atoms with E-state index in [4.69, 9.17) is 11.6 Å². The van der Waals surface area contributed by atoms with E-state index in [-0.39, 0.29) is 10.8 Å². The Morgan fingerprint density at radius 2 is 2.15 bits per heavy atom. The quantitative estimate of drug-likeness (QED) is 0.499. The summed E-state index contributed by atoms with van der Waals surface area (Å²) in [5.74, 6) is 0.856. The van der Waals surface area contributed by atoms with Crippen molar-refractivity contribution in [1.82, 2.24) is 9.97 Å². The molecule has 1 heterocycles. The van der Waals surface area contributed by atoms with Crippen LogP contribution in [0.15, 0.2) is 30.3 Å². The van der Waals surface area contributed by atoms with Gasteiger partial charge in [0.15, 0.2) is 0 Å². The first-order chi connectivity index (χ1) is 9.58. The minimum absolute atomic E-state index is 0.00191. The van der Waals surface area contributed by atoms with E-state index in [0.29, 0.717) is 24.0 Å². The highest BCUT2D eigenvalue weighted by Gasteiger charge is 2.07. The number of non-ortho nitro benzene ring substituents is 1. The molecule has 0 aliphatic carbocycles. The van der Waals surface area contributed by atoms with E-state index in [1.165, 1.54) is 12.1 Å². The van der Waals surface area contributed by atoms with Crippen molar-refractivity contribution in [2.45, 2.75) is 6.92 Å². The molecule has 20 heavy (non-hydrogen) atoms. The molecule has 0 saturated carbocycles. The molecule has 0 radical (unpaired) electrons. The van der Waals surface area contributed by atoms with Gasteiger partial charge in [-0.25, -0.2) is 4.98 Å². The average molecular weight is 294 g/mol. The summed E-state index contributed by atoms with van der Waals surface area (Å²) >= 11 is 5.89. The van der Waals surface area contributed by atoms with Crippen LogP contribution in [0.25, 0.3) is 0 Å². The molecule has 0 aliphatic rings. The monoisotopic (exact) mass is 293 g/mol. The maximum absolute atomic E-state index is 10.7. The van der Waals surface area contributed by atoms with Gasteiger partial charge in [0.05, 0.1) is 4.92 Å². The first-order valence-corrected chi connectivity index (χ1v) is 6.26. The predicted molar refractivity (Wildman–Crippen MR) is 77.6 cm³/mol. The number of benzene rings is 1. The molecule has 8 heteroatoms. The van der Waals surface area contributed by atoms with E-state index in [9.17, 15) is 10.1 Å². The Bertz CT molecular complexity index is 635. The van der Waals surface area contributed by atoms with Crippen LogP contribution >= 0.6 is 11.6 Å². The molecule has 2 N–H and O–H groups in total. The lowest BCUT2D eigenvalue weighted by molar-refractivity contribution is -0.384. The van der Waals surface area contributed by atoms with Gasteiger partial charge in [-0.2, -0.15) is 4.98 Å². The van der Waals surface area contributed by atoms with E-state index < -0.39 is 4.92 Å². The molecule has 7 nitrogen and oxygen atoms in total. The van der Waals surface area contributed by atoms with E-state index in [1.807, 2.05) is 6.92 Å². The minimum Gasteiger partial charge on any atom is -0.354 e. The van der Waals surface area contributed by atoms with Crippen LogP contribution in [-0.2, 0) is 0 Å².